The number of ether oxygens (including phenoxy) is 1. The van der Waals surface area contributed by atoms with E-state index >= 15 is 0 Å². The molecule has 0 radical (unpaired) electrons. The SMILES string of the molecule is COC1(C2(CCCO)CCCN2S(=O)(=O)c2ccc(C)cc2)SCCCS1. The van der Waals surface area contributed by atoms with E-state index in [1.807, 2.05) is 19.1 Å². The van der Waals surface area contributed by atoms with Gasteiger partial charge in [-0.05, 0) is 62.7 Å². The molecule has 2 aliphatic heterocycles. The second-order valence-corrected chi connectivity index (χ2v) is 11.8. The zero-order valence-corrected chi connectivity index (χ0v) is 18.5. The lowest BCUT2D eigenvalue weighted by Gasteiger charge is -2.52. The van der Waals surface area contributed by atoms with Crippen LogP contribution in [0.25, 0.3) is 0 Å². The molecule has 0 aromatic heterocycles. The highest BCUT2D eigenvalue weighted by Gasteiger charge is 2.61. The second kappa shape index (κ2) is 8.63. The lowest BCUT2D eigenvalue weighted by Crippen LogP contribution is -2.61. The van der Waals surface area contributed by atoms with E-state index in [9.17, 15) is 13.5 Å². The number of aliphatic hydroxyl groups excluding tert-OH is 1. The number of hydrogen-bond donors (Lipinski definition) is 1. The average Bonchev–Trinajstić information content (AvgIpc) is 3.13. The van der Waals surface area contributed by atoms with Crippen molar-refractivity contribution in [3.8, 4) is 0 Å². The minimum Gasteiger partial charge on any atom is -0.396 e. The van der Waals surface area contributed by atoms with Crippen LogP contribution in [0.5, 0.6) is 0 Å². The van der Waals surface area contributed by atoms with Crippen LogP contribution < -0.4 is 0 Å². The summed E-state index contributed by atoms with van der Waals surface area (Å²) in [6, 6.07) is 7.07. The van der Waals surface area contributed by atoms with Crippen LogP contribution in [0.3, 0.4) is 0 Å². The van der Waals surface area contributed by atoms with Gasteiger partial charge in [0.15, 0.2) is 4.27 Å². The number of aliphatic hydroxyl groups is 1. The summed E-state index contributed by atoms with van der Waals surface area (Å²) >= 11 is 3.46. The topological polar surface area (TPSA) is 66.8 Å². The molecule has 0 bridgehead atoms. The third-order valence-corrected chi connectivity index (χ3v) is 11.0. The molecule has 1 aromatic rings. The highest BCUT2D eigenvalue weighted by molar-refractivity contribution is 8.18. The Balaban J connectivity index is 2.07. The van der Waals surface area contributed by atoms with Crippen molar-refractivity contribution in [1.82, 2.24) is 4.31 Å². The number of hydrogen-bond acceptors (Lipinski definition) is 6. The van der Waals surface area contributed by atoms with Gasteiger partial charge in [-0.25, -0.2) is 8.42 Å². The minimum atomic E-state index is -3.65. The number of benzene rings is 1. The summed E-state index contributed by atoms with van der Waals surface area (Å²) in [7, 11) is -1.95. The van der Waals surface area contributed by atoms with Crippen LogP contribution in [0.1, 0.15) is 37.7 Å². The molecule has 2 fully saturated rings. The van der Waals surface area contributed by atoms with Gasteiger partial charge in [-0.1, -0.05) is 17.7 Å². The molecule has 1 atom stereocenters. The molecular weight excluding hydrogens is 402 g/mol. The summed E-state index contributed by atoms with van der Waals surface area (Å²) in [5.74, 6) is 1.92. The van der Waals surface area contributed by atoms with Gasteiger partial charge < -0.3 is 9.84 Å². The first-order valence-electron chi connectivity index (χ1n) is 9.45. The third kappa shape index (κ3) is 3.81. The van der Waals surface area contributed by atoms with Crippen molar-refractivity contribution in [3.63, 3.8) is 0 Å². The van der Waals surface area contributed by atoms with E-state index in [1.54, 1.807) is 47.1 Å². The Hall–Kier alpha value is -0.250. The Labute approximate surface area is 171 Å². The Kier molecular flexibility index (Phi) is 6.86. The molecule has 0 aliphatic carbocycles. The summed E-state index contributed by atoms with van der Waals surface area (Å²) in [6.45, 7) is 2.50. The van der Waals surface area contributed by atoms with Crippen LogP contribution in [0, 0.1) is 6.92 Å². The van der Waals surface area contributed by atoms with Gasteiger partial charge in [-0.2, -0.15) is 4.31 Å². The summed E-state index contributed by atoms with van der Waals surface area (Å²) in [6.07, 6.45) is 3.82. The number of rotatable bonds is 7. The molecule has 152 valence electrons. The van der Waals surface area contributed by atoms with Gasteiger partial charge in [0.05, 0.1) is 10.4 Å². The van der Waals surface area contributed by atoms with Crippen LogP contribution in [0.15, 0.2) is 29.2 Å². The van der Waals surface area contributed by atoms with Crippen molar-refractivity contribution >= 4 is 33.5 Å². The smallest absolute Gasteiger partial charge is 0.243 e. The largest absolute Gasteiger partial charge is 0.396 e. The summed E-state index contributed by atoms with van der Waals surface area (Å²) in [5.41, 5.74) is 0.387. The van der Waals surface area contributed by atoms with Gasteiger partial charge in [0.2, 0.25) is 10.0 Å². The number of methoxy groups -OCH3 is 1. The van der Waals surface area contributed by atoms with Gasteiger partial charge >= 0.3 is 0 Å². The molecule has 3 rings (SSSR count). The molecule has 2 saturated heterocycles. The van der Waals surface area contributed by atoms with Crippen molar-refractivity contribution in [2.24, 2.45) is 0 Å². The van der Waals surface area contributed by atoms with E-state index in [-0.39, 0.29) is 6.61 Å². The molecule has 2 heterocycles. The number of thioether (sulfide) groups is 2. The first-order valence-corrected chi connectivity index (χ1v) is 12.9. The molecule has 0 saturated carbocycles. The monoisotopic (exact) mass is 431 g/mol. The van der Waals surface area contributed by atoms with E-state index in [0.29, 0.717) is 24.3 Å². The Morgan fingerprint density at radius 2 is 1.85 bits per heavy atom. The third-order valence-electron chi connectivity index (χ3n) is 5.50. The van der Waals surface area contributed by atoms with Crippen molar-refractivity contribution in [3.05, 3.63) is 29.8 Å². The van der Waals surface area contributed by atoms with Gasteiger partial charge in [0.25, 0.3) is 0 Å². The van der Waals surface area contributed by atoms with Crippen LogP contribution in [-0.2, 0) is 14.8 Å². The molecule has 27 heavy (non-hydrogen) atoms. The molecule has 1 N–H and O–H groups in total. The summed E-state index contributed by atoms with van der Waals surface area (Å²) < 4.78 is 34.4. The normalized spacial score (nSPS) is 26.3. The molecule has 8 heteroatoms. The molecular formula is C19H29NO4S3. The van der Waals surface area contributed by atoms with Crippen LogP contribution in [0.2, 0.25) is 0 Å². The van der Waals surface area contributed by atoms with E-state index in [4.69, 9.17) is 4.74 Å². The van der Waals surface area contributed by atoms with Crippen LogP contribution in [0.4, 0.5) is 0 Å². The van der Waals surface area contributed by atoms with Crippen molar-refractivity contribution in [2.75, 3.05) is 31.8 Å². The fourth-order valence-corrected chi connectivity index (χ4v) is 9.74. The van der Waals surface area contributed by atoms with Crippen LogP contribution in [-0.4, -0.2) is 59.4 Å². The lowest BCUT2D eigenvalue weighted by molar-refractivity contribution is 0.0200. The van der Waals surface area contributed by atoms with Crippen LogP contribution >= 0.6 is 23.5 Å². The highest BCUT2D eigenvalue weighted by Crippen LogP contribution is 2.58. The maximum Gasteiger partial charge on any atom is 0.243 e. The molecule has 0 amide bonds. The fourth-order valence-electron chi connectivity index (χ4n) is 4.21. The predicted octanol–water partition coefficient (Wildman–Crippen LogP) is 3.46. The quantitative estimate of drug-likeness (QED) is 0.713. The van der Waals surface area contributed by atoms with Gasteiger partial charge in [-0.3, -0.25) is 0 Å². The Morgan fingerprint density at radius 1 is 1.19 bits per heavy atom. The predicted molar refractivity (Wildman–Crippen MR) is 113 cm³/mol. The van der Waals surface area contributed by atoms with Crippen molar-refractivity contribution < 1.29 is 18.3 Å². The summed E-state index contributed by atoms with van der Waals surface area (Å²) in [5, 5.41) is 9.51. The zero-order valence-electron chi connectivity index (χ0n) is 16.0. The van der Waals surface area contributed by atoms with E-state index in [0.717, 1.165) is 36.3 Å². The van der Waals surface area contributed by atoms with Crippen molar-refractivity contribution in [1.29, 1.82) is 0 Å². The molecule has 5 nitrogen and oxygen atoms in total. The number of sulfonamides is 1. The van der Waals surface area contributed by atoms with Gasteiger partial charge in [0.1, 0.15) is 0 Å². The fraction of sp³-hybridized carbons (Fsp3) is 0.684. The Morgan fingerprint density at radius 3 is 2.44 bits per heavy atom. The average molecular weight is 432 g/mol. The zero-order chi connectivity index (χ0) is 19.5. The minimum absolute atomic E-state index is 0.0509. The molecule has 1 unspecified atom stereocenters. The van der Waals surface area contributed by atoms with E-state index in [2.05, 4.69) is 0 Å². The molecule has 0 spiro atoms. The molecule has 1 aromatic carbocycles. The van der Waals surface area contributed by atoms with Gasteiger partial charge in [-0.15, -0.1) is 23.5 Å². The Bertz CT molecular complexity index is 732. The van der Waals surface area contributed by atoms with Gasteiger partial charge in [0, 0.05) is 20.3 Å². The second-order valence-electron chi connectivity index (χ2n) is 7.16. The van der Waals surface area contributed by atoms with E-state index < -0.39 is 19.8 Å². The molecule has 2 aliphatic rings. The highest BCUT2D eigenvalue weighted by atomic mass is 32.2. The maximum atomic E-state index is 13.6. The number of nitrogens with zero attached hydrogens (tertiary/aromatic N) is 1. The first kappa shape index (κ1) is 21.5. The lowest BCUT2D eigenvalue weighted by atomic mass is 9.92. The first-order chi connectivity index (χ1) is 12.9. The standard InChI is InChI=1S/C19H29NO4S3/c1-16-6-8-17(9-7-16)27(22,23)20-12-3-10-18(20,11-4-13-21)19(24-2)25-14-5-15-26-19/h6-9,21H,3-5,10-15H2,1-2H3. The van der Waals surface area contributed by atoms with Crippen molar-refractivity contribution in [2.45, 2.75) is 53.7 Å². The van der Waals surface area contributed by atoms with E-state index in [1.165, 1.54) is 0 Å². The maximum absolute atomic E-state index is 13.6. The number of aryl methyl sites for hydroxylation is 1. The summed E-state index contributed by atoms with van der Waals surface area (Å²) in [4.78, 5) is 0.334.